The lowest BCUT2D eigenvalue weighted by atomic mass is 10.1. The molecule has 2 rings (SSSR count). The third-order valence-corrected chi connectivity index (χ3v) is 2.67. The number of hydrogen-bond donors (Lipinski definition) is 1. The van der Waals surface area contributed by atoms with Gasteiger partial charge in [0, 0.05) is 11.1 Å². The first kappa shape index (κ1) is 11.2. The van der Waals surface area contributed by atoms with Crippen molar-refractivity contribution in [3.05, 3.63) is 52.4 Å². The van der Waals surface area contributed by atoms with E-state index in [1.54, 1.807) is 24.3 Å². The summed E-state index contributed by atoms with van der Waals surface area (Å²) in [7, 11) is 0. The van der Waals surface area contributed by atoms with Crippen LogP contribution in [-0.2, 0) is 6.61 Å². The topological polar surface area (TPSA) is 33.1 Å². The molecule has 0 fully saturated rings. The first-order valence-corrected chi connectivity index (χ1v) is 5.52. The molecule has 0 bridgehead atoms. The highest BCUT2D eigenvalue weighted by atomic mass is 79.9. The fourth-order valence-corrected chi connectivity index (χ4v) is 1.76. The average Bonchev–Trinajstić information content (AvgIpc) is 2.30. The molecule has 0 spiro atoms. The molecule has 4 heteroatoms. The molecule has 0 saturated carbocycles. The normalized spacial score (nSPS) is 10.4. The first-order valence-electron chi connectivity index (χ1n) is 4.73. The molecule has 16 heavy (non-hydrogen) atoms. The maximum atomic E-state index is 12.8. The lowest BCUT2D eigenvalue weighted by molar-refractivity contribution is 0.282. The minimum atomic E-state index is -0.288. The summed E-state index contributed by atoms with van der Waals surface area (Å²) in [6.07, 6.45) is 0. The molecule has 0 aliphatic rings. The Hall–Kier alpha value is -1.26. The van der Waals surface area contributed by atoms with E-state index in [9.17, 15) is 9.50 Å². The van der Waals surface area contributed by atoms with Crippen LogP contribution in [0.15, 0.2) is 41.0 Å². The Labute approximate surface area is 101 Å². The van der Waals surface area contributed by atoms with Crippen molar-refractivity contribution in [2.75, 3.05) is 0 Å². The van der Waals surface area contributed by atoms with E-state index in [1.165, 1.54) is 12.1 Å². The Balaban J connectivity index is 2.53. The zero-order valence-corrected chi connectivity index (χ0v) is 9.91. The van der Waals surface area contributed by atoms with E-state index in [0.717, 1.165) is 11.1 Å². The molecule has 1 aromatic heterocycles. The Morgan fingerprint density at radius 3 is 2.44 bits per heavy atom. The van der Waals surface area contributed by atoms with Crippen LogP contribution in [0.4, 0.5) is 4.39 Å². The van der Waals surface area contributed by atoms with Gasteiger partial charge in [-0.15, -0.1) is 0 Å². The highest BCUT2D eigenvalue weighted by Crippen LogP contribution is 2.24. The number of benzene rings is 1. The van der Waals surface area contributed by atoms with Crippen LogP contribution in [0, 0.1) is 5.82 Å². The van der Waals surface area contributed by atoms with Gasteiger partial charge in [-0.25, -0.2) is 9.37 Å². The zero-order valence-electron chi connectivity index (χ0n) is 8.32. The van der Waals surface area contributed by atoms with E-state index in [4.69, 9.17) is 0 Å². The molecular weight excluding hydrogens is 273 g/mol. The number of pyridine rings is 1. The second-order valence-corrected chi connectivity index (χ2v) is 4.12. The summed E-state index contributed by atoms with van der Waals surface area (Å²) < 4.78 is 13.5. The molecule has 1 heterocycles. The largest absolute Gasteiger partial charge is 0.392 e. The van der Waals surface area contributed by atoms with Gasteiger partial charge in [-0.3, -0.25) is 0 Å². The number of aromatic nitrogens is 1. The van der Waals surface area contributed by atoms with Crippen molar-refractivity contribution in [2.45, 2.75) is 6.61 Å². The maximum Gasteiger partial charge on any atom is 0.123 e. The third-order valence-electron chi connectivity index (χ3n) is 2.23. The Bertz CT molecular complexity index is 499. The van der Waals surface area contributed by atoms with Crippen molar-refractivity contribution in [2.24, 2.45) is 0 Å². The summed E-state index contributed by atoms with van der Waals surface area (Å²) in [6, 6.07) is 9.58. The van der Waals surface area contributed by atoms with Crippen LogP contribution in [0.2, 0.25) is 0 Å². The van der Waals surface area contributed by atoms with Crippen LogP contribution in [0.3, 0.4) is 0 Å². The van der Waals surface area contributed by atoms with Gasteiger partial charge < -0.3 is 5.11 Å². The van der Waals surface area contributed by atoms with Crippen LogP contribution in [0.25, 0.3) is 11.3 Å². The number of nitrogens with zero attached hydrogens (tertiary/aromatic N) is 1. The van der Waals surface area contributed by atoms with Gasteiger partial charge >= 0.3 is 0 Å². The summed E-state index contributed by atoms with van der Waals surface area (Å²) in [5.74, 6) is -0.288. The molecule has 2 aromatic rings. The van der Waals surface area contributed by atoms with E-state index < -0.39 is 0 Å². The fraction of sp³-hybridized carbons (Fsp3) is 0.0833. The second-order valence-electron chi connectivity index (χ2n) is 3.31. The second kappa shape index (κ2) is 4.72. The highest BCUT2D eigenvalue weighted by Gasteiger charge is 2.06. The molecular formula is C12H9BrFNO. The lowest BCUT2D eigenvalue weighted by Gasteiger charge is -2.06. The Morgan fingerprint density at radius 2 is 1.81 bits per heavy atom. The SMILES string of the molecule is OCc1ccc(Br)nc1-c1ccc(F)cc1. The Morgan fingerprint density at radius 1 is 1.12 bits per heavy atom. The van der Waals surface area contributed by atoms with Crippen molar-refractivity contribution in [1.29, 1.82) is 0 Å². The molecule has 0 amide bonds. The zero-order chi connectivity index (χ0) is 11.5. The molecule has 1 aromatic carbocycles. The highest BCUT2D eigenvalue weighted by molar-refractivity contribution is 9.10. The van der Waals surface area contributed by atoms with E-state index in [0.29, 0.717) is 10.3 Å². The van der Waals surface area contributed by atoms with Crippen LogP contribution in [0.1, 0.15) is 5.56 Å². The van der Waals surface area contributed by atoms with Crippen LogP contribution >= 0.6 is 15.9 Å². The van der Waals surface area contributed by atoms with Crippen molar-refractivity contribution in [1.82, 2.24) is 4.98 Å². The van der Waals surface area contributed by atoms with Gasteiger partial charge in [-0.05, 0) is 46.3 Å². The predicted molar refractivity (Wildman–Crippen MR) is 63.3 cm³/mol. The van der Waals surface area contributed by atoms with Crippen LogP contribution < -0.4 is 0 Å². The maximum absolute atomic E-state index is 12.8. The summed E-state index contributed by atoms with van der Waals surface area (Å²) in [5, 5.41) is 9.20. The van der Waals surface area contributed by atoms with E-state index in [2.05, 4.69) is 20.9 Å². The van der Waals surface area contributed by atoms with Gasteiger partial charge in [0.2, 0.25) is 0 Å². The van der Waals surface area contributed by atoms with Crippen molar-refractivity contribution < 1.29 is 9.50 Å². The number of halogens is 2. The van der Waals surface area contributed by atoms with Gasteiger partial charge in [0.05, 0.1) is 12.3 Å². The fourth-order valence-electron chi connectivity index (χ4n) is 1.45. The number of hydrogen-bond acceptors (Lipinski definition) is 2. The predicted octanol–water partition coefficient (Wildman–Crippen LogP) is 3.14. The van der Waals surface area contributed by atoms with Gasteiger partial charge in [-0.1, -0.05) is 6.07 Å². The van der Waals surface area contributed by atoms with Crippen LogP contribution in [0.5, 0.6) is 0 Å². The lowest BCUT2D eigenvalue weighted by Crippen LogP contribution is -1.93. The standard InChI is InChI=1S/C12H9BrFNO/c13-11-6-3-9(7-16)12(15-11)8-1-4-10(14)5-2-8/h1-6,16H,7H2. The molecule has 0 saturated heterocycles. The number of aliphatic hydroxyl groups excluding tert-OH is 1. The molecule has 1 N–H and O–H groups in total. The minimum absolute atomic E-state index is 0.0903. The number of rotatable bonds is 2. The summed E-state index contributed by atoms with van der Waals surface area (Å²) in [4.78, 5) is 4.28. The minimum Gasteiger partial charge on any atom is -0.392 e. The van der Waals surface area contributed by atoms with Gasteiger partial charge in [0.25, 0.3) is 0 Å². The third kappa shape index (κ3) is 2.28. The first-order chi connectivity index (χ1) is 7.70. The van der Waals surface area contributed by atoms with Crippen molar-refractivity contribution >= 4 is 15.9 Å². The van der Waals surface area contributed by atoms with Crippen molar-refractivity contribution in [3.63, 3.8) is 0 Å². The van der Waals surface area contributed by atoms with Crippen molar-refractivity contribution in [3.8, 4) is 11.3 Å². The molecule has 82 valence electrons. The molecule has 2 nitrogen and oxygen atoms in total. The number of aliphatic hydroxyl groups is 1. The molecule has 0 atom stereocenters. The average molecular weight is 282 g/mol. The Kier molecular flexibility index (Phi) is 3.31. The van der Waals surface area contributed by atoms with Gasteiger partial charge in [-0.2, -0.15) is 0 Å². The van der Waals surface area contributed by atoms with Crippen LogP contribution in [-0.4, -0.2) is 10.1 Å². The quantitative estimate of drug-likeness (QED) is 0.858. The smallest absolute Gasteiger partial charge is 0.123 e. The molecule has 0 aliphatic heterocycles. The molecule has 0 aliphatic carbocycles. The van der Waals surface area contributed by atoms with E-state index in [-0.39, 0.29) is 12.4 Å². The summed E-state index contributed by atoms with van der Waals surface area (Å²) >= 11 is 3.27. The van der Waals surface area contributed by atoms with Gasteiger partial charge in [0.15, 0.2) is 0 Å². The monoisotopic (exact) mass is 281 g/mol. The van der Waals surface area contributed by atoms with E-state index in [1.807, 2.05) is 0 Å². The molecule has 0 unspecified atom stereocenters. The summed E-state index contributed by atoms with van der Waals surface area (Å²) in [6.45, 7) is -0.0903. The van der Waals surface area contributed by atoms with E-state index >= 15 is 0 Å². The summed E-state index contributed by atoms with van der Waals surface area (Å²) in [5.41, 5.74) is 2.17. The van der Waals surface area contributed by atoms with Gasteiger partial charge in [0.1, 0.15) is 10.4 Å². The molecule has 0 radical (unpaired) electrons.